The molecule has 0 amide bonds. The first-order valence-electron chi connectivity index (χ1n) is 10.5. The first-order valence-corrected chi connectivity index (χ1v) is 10.5. The van der Waals surface area contributed by atoms with E-state index in [0.29, 0.717) is 0 Å². The first-order chi connectivity index (χ1) is 14.4. The number of hydrogen-bond acceptors (Lipinski definition) is 3. The Bertz CT molecular complexity index is 1100. The van der Waals surface area contributed by atoms with Gasteiger partial charge in [-0.2, -0.15) is 0 Å². The van der Waals surface area contributed by atoms with E-state index in [-0.39, 0.29) is 17.2 Å². The number of aliphatic hydroxyl groups is 1. The summed E-state index contributed by atoms with van der Waals surface area (Å²) >= 11 is 0. The fraction of sp³-hybridized carbons (Fsp3) is 0.360. The highest BCUT2D eigenvalue weighted by atomic mass is 19.1. The summed E-state index contributed by atoms with van der Waals surface area (Å²) in [4.78, 5) is 8.89. The number of benzene rings is 1. The Morgan fingerprint density at radius 2 is 2.03 bits per heavy atom. The molecule has 0 saturated heterocycles. The molecule has 1 saturated carbocycles. The Morgan fingerprint density at radius 3 is 2.77 bits per heavy atom. The summed E-state index contributed by atoms with van der Waals surface area (Å²) in [5.41, 5.74) is 3.94. The van der Waals surface area contributed by atoms with Crippen molar-refractivity contribution in [1.29, 1.82) is 0 Å². The first kappa shape index (κ1) is 19.2. The molecule has 3 heterocycles. The number of imidazole rings is 1. The van der Waals surface area contributed by atoms with Gasteiger partial charge in [0.05, 0.1) is 23.3 Å². The largest absolute Gasteiger partial charge is 0.385 e. The van der Waals surface area contributed by atoms with Gasteiger partial charge in [-0.25, -0.2) is 9.37 Å². The number of allylic oxidation sites excluding steroid dienone is 1. The Kier molecular flexibility index (Phi) is 4.40. The van der Waals surface area contributed by atoms with Gasteiger partial charge in [-0.1, -0.05) is 18.6 Å². The van der Waals surface area contributed by atoms with E-state index in [4.69, 9.17) is 0 Å². The van der Waals surface area contributed by atoms with Gasteiger partial charge in [0.1, 0.15) is 5.82 Å². The van der Waals surface area contributed by atoms with Crippen molar-refractivity contribution in [3.63, 3.8) is 0 Å². The summed E-state index contributed by atoms with van der Waals surface area (Å²) < 4.78 is 15.5. The van der Waals surface area contributed by atoms with E-state index in [2.05, 4.69) is 27.5 Å². The molecule has 30 heavy (non-hydrogen) atoms. The standard InChI is InChI=1S/C25H26FN3O/c1-24-15-29-16-28-23(17-8-10-20(26)11-9-17)21(29)13-18(24)5-3-7-22(24)25(2,30)19-6-4-12-27-14-19/h4,6,8-14,16,22,30H,3,5,7,15H2,1-2H3. The Labute approximate surface area is 176 Å². The molecule has 3 unspecified atom stereocenters. The molecule has 1 aromatic carbocycles. The third-order valence-electron chi connectivity index (χ3n) is 7.17. The zero-order chi connectivity index (χ0) is 20.9. The van der Waals surface area contributed by atoms with Gasteiger partial charge in [-0.05, 0) is 62.6 Å². The van der Waals surface area contributed by atoms with Crippen molar-refractivity contribution < 1.29 is 9.50 Å². The molecule has 4 nitrogen and oxygen atoms in total. The Morgan fingerprint density at radius 1 is 1.23 bits per heavy atom. The SMILES string of the molecule is CC12Cn3cnc(-c4ccc(F)cc4)c3C=C1CCCC2C(C)(O)c1cccnc1. The molecule has 5 heteroatoms. The van der Waals surface area contributed by atoms with Crippen LogP contribution in [0.2, 0.25) is 0 Å². The van der Waals surface area contributed by atoms with Crippen LogP contribution in [0.15, 0.2) is 60.7 Å². The van der Waals surface area contributed by atoms with Gasteiger partial charge < -0.3 is 9.67 Å². The third-order valence-corrected chi connectivity index (χ3v) is 7.17. The molecule has 2 aromatic heterocycles. The molecular weight excluding hydrogens is 377 g/mol. The maximum absolute atomic E-state index is 13.4. The molecule has 1 aliphatic carbocycles. The van der Waals surface area contributed by atoms with Gasteiger partial charge in [0.2, 0.25) is 0 Å². The lowest BCUT2D eigenvalue weighted by Gasteiger charge is -2.51. The molecule has 3 atom stereocenters. The number of aromatic nitrogens is 3. The lowest BCUT2D eigenvalue weighted by Crippen LogP contribution is -2.48. The van der Waals surface area contributed by atoms with Crippen molar-refractivity contribution in [2.24, 2.45) is 11.3 Å². The second kappa shape index (κ2) is 6.88. The van der Waals surface area contributed by atoms with Crippen LogP contribution in [0, 0.1) is 17.2 Å². The van der Waals surface area contributed by atoms with Crippen LogP contribution in [0.25, 0.3) is 17.3 Å². The summed E-state index contributed by atoms with van der Waals surface area (Å²) in [6, 6.07) is 10.4. The van der Waals surface area contributed by atoms with Crippen LogP contribution in [-0.4, -0.2) is 19.6 Å². The van der Waals surface area contributed by atoms with Crippen molar-refractivity contribution in [3.8, 4) is 11.3 Å². The van der Waals surface area contributed by atoms with Crippen molar-refractivity contribution in [3.05, 3.63) is 77.8 Å². The van der Waals surface area contributed by atoms with Crippen LogP contribution >= 0.6 is 0 Å². The van der Waals surface area contributed by atoms with E-state index in [1.54, 1.807) is 24.5 Å². The third kappa shape index (κ3) is 2.91. The highest BCUT2D eigenvalue weighted by Gasteiger charge is 2.51. The van der Waals surface area contributed by atoms with E-state index in [0.717, 1.165) is 48.3 Å². The highest BCUT2D eigenvalue weighted by molar-refractivity contribution is 5.72. The molecule has 1 aliphatic heterocycles. The average molecular weight is 404 g/mol. The number of fused-ring (bicyclic) bond motifs is 2. The van der Waals surface area contributed by atoms with Gasteiger partial charge in [-0.15, -0.1) is 0 Å². The minimum Gasteiger partial charge on any atom is -0.385 e. The van der Waals surface area contributed by atoms with E-state index in [9.17, 15) is 9.50 Å². The number of pyridine rings is 1. The average Bonchev–Trinajstić information content (AvgIpc) is 3.14. The van der Waals surface area contributed by atoms with Gasteiger partial charge >= 0.3 is 0 Å². The topological polar surface area (TPSA) is 50.9 Å². The summed E-state index contributed by atoms with van der Waals surface area (Å²) in [5.74, 6) is -0.176. The van der Waals surface area contributed by atoms with Gasteiger partial charge in [-0.3, -0.25) is 4.98 Å². The molecule has 5 rings (SSSR count). The van der Waals surface area contributed by atoms with Crippen molar-refractivity contribution in [2.75, 3.05) is 0 Å². The van der Waals surface area contributed by atoms with E-state index in [1.165, 1.54) is 17.7 Å². The monoisotopic (exact) mass is 403 g/mol. The summed E-state index contributed by atoms with van der Waals surface area (Å²) in [6.07, 6.45) is 10.7. The normalized spacial score (nSPS) is 25.1. The summed E-state index contributed by atoms with van der Waals surface area (Å²) in [6.45, 7) is 4.97. The van der Waals surface area contributed by atoms with Gasteiger partial charge in [0.15, 0.2) is 0 Å². The van der Waals surface area contributed by atoms with Crippen LogP contribution in [0.5, 0.6) is 0 Å². The smallest absolute Gasteiger partial charge is 0.123 e. The van der Waals surface area contributed by atoms with Crippen molar-refractivity contribution >= 4 is 6.08 Å². The predicted molar refractivity (Wildman–Crippen MR) is 115 cm³/mol. The van der Waals surface area contributed by atoms with Gasteiger partial charge in [0, 0.05) is 41.4 Å². The minimum absolute atomic E-state index is 0.0685. The zero-order valence-corrected chi connectivity index (χ0v) is 17.3. The lowest BCUT2D eigenvalue weighted by atomic mass is 9.57. The maximum atomic E-state index is 13.4. The quantitative estimate of drug-likeness (QED) is 0.654. The Hall–Kier alpha value is -2.79. The molecule has 0 bridgehead atoms. The van der Waals surface area contributed by atoms with E-state index >= 15 is 0 Å². The number of nitrogens with zero attached hydrogens (tertiary/aromatic N) is 3. The van der Waals surface area contributed by atoms with Crippen LogP contribution < -0.4 is 0 Å². The molecule has 154 valence electrons. The molecule has 0 spiro atoms. The van der Waals surface area contributed by atoms with Crippen molar-refractivity contribution in [1.82, 2.24) is 14.5 Å². The van der Waals surface area contributed by atoms with Crippen LogP contribution in [0.3, 0.4) is 0 Å². The van der Waals surface area contributed by atoms with E-state index < -0.39 is 5.60 Å². The number of rotatable bonds is 3. The molecular formula is C25H26FN3O. The van der Waals surface area contributed by atoms with Gasteiger partial charge in [0.25, 0.3) is 0 Å². The van der Waals surface area contributed by atoms with Crippen LogP contribution in [0.4, 0.5) is 4.39 Å². The predicted octanol–water partition coefficient (Wildman–Crippen LogP) is 5.20. The summed E-state index contributed by atoms with van der Waals surface area (Å²) in [7, 11) is 0. The second-order valence-electron chi connectivity index (χ2n) is 9.03. The molecule has 2 aliphatic rings. The highest BCUT2D eigenvalue weighted by Crippen LogP contribution is 2.55. The molecule has 0 radical (unpaired) electrons. The van der Waals surface area contributed by atoms with E-state index in [1.807, 2.05) is 25.4 Å². The lowest BCUT2D eigenvalue weighted by molar-refractivity contribution is -0.0715. The van der Waals surface area contributed by atoms with Crippen molar-refractivity contribution in [2.45, 2.75) is 45.3 Å². The zero-order valence-electron chi connectivity index (χ0n) is 17.3. The maximum Gasteiger partial charge on any atom is 0.123 e. The second-order valence-corrected chi connectivity index (χ2v) is 9.03. The van der Waals surface area contributed by atoms with Crippen LogP contribution in [-0.2, 0) is 12.1 Å². The molecule has 3 aromatic rings. The van der Waals surface area contributed by atoms with Crippen LogP contribution in [0.1, 0.15) is 44.4 Å². The number of hydrogen-bond donors (Lipinski definition) is 1. The molecule has 1 fully saturated rings. The Balaban J connectivity index is 1.56. The minimum atomic E-state index is -0.972. The fourth-order valence-corrected chi connectivity index (χ4v) is 5.56. The molecule has 1 N–H and O–H groups in total. The summed E-state index contributed by atoms with van der Waals surface area (Å²) in [5, 5.41) is 11.6. The number of halogens is 1. The fourth-order valence-electron chi connectivity index (χ4n) is 5.56.